The summed E-state index contributed by atoms with van der Waals surface area (Å²) in [6.45, 7) is 6.23. The Morgan fingerprint density at radius 1 is 1.00 bits per heavy atom. The number of fused-ring (bicyclic) bond motifs is 1. The molecule has 35 heavy (non-hydrogen) atoms. The molecule has 1 saturated heterocycles. The molecule has 7 nitrogen and oxygen atoms in total. The summed E-state index contributed by atoms with van der Waals surface area (Å²) in [5.74, 6) is 0.626. The summed E-state index contributed by atoms with van der Waals surface area (Å²) < 4.78 is 7.63. The van der Waals surface area contributed by atoms with Crippen LogP contribution >= 0.6 is 0 Å². The van der Waals surface area contributed by atoms with Crippen molar-refractivity contribution in [3.63, 3.8) is 0 Å². The summed E-state index contributed by atoms with van der Waals surface area (Å²) in [6.07, 6.45) is 13.2. The van der Waals surface area contributed by atoms with E-state index in [0.29, 0.717) is 24.5 Å². The van der Waals surface area contributed by atoms with E-state index in [9.17, 15) is 9.59 Å². The molecule has 1 N–H and O–H groups in total. The maximum atomic E-state index is 13.9. The quantitative estimate of drug-likeness (QED) is 0.585. The van der Waals surface area contributed by atoms with Gasteiger partial charge in [-0.15, -0.1) is 0 Å². The maximum absolute atomic E-state index is 13.9. The van der Waals surface area contributed by atoms with Crippen LogP contribution in [0.3, 0.4) is 0 Å². The Bertz CT molecular complexity index is 1000. The Labute approximate surface area is 208 Å². The van der Waals surface area contributed by atoms with Crippen molar-refractivity contribution in [2.75, 3.05) is 26.2 Å². The second-order valence-electron chi connectivity index (χ2n) is 10.8. The number of carbonyl (C=O) groups is 2. The van der Waals surface area contributed by atoms with Gasteiger partial charge in [-0.1, -0.05) is 32.1 Å². The van der Waals surface area contributed by atoms with E-state index >= 15 is 0 Å². The van der Waals surface area contributed by atoms with Crippen molar-refractivity contribution in [1.29, 1.82) is 0 Å². The molecule has 1 aliphatic carbocycles. The fourth-order valence-electron chi connectivity index (χ4n) is 6.16. The molecule has 2 fully saturated rings. The first-order valence-electron chi connectivity index (χ1n) is 13.6. The average molecular weight is 481 g/mol. The first-order valence-corrected chi connectivity index (χ1v) is 13.6. The minimum atomic E-state index is -0.946. The van der Waals surface area contributed by atoms with Crippen molar-refractivity contribution in [1.82, 2.24) is 19.7 Å². The number of amides is 2. The highest BCUT2D eigenvalue weighted by Crippen LogP contribution is 2.34. The lowest BCUT2D eigenvalue weighted by atomic mass is 9.93. The minimum absolute atomic E-state index is 0.0273. The number of rotatable bonds is 7. The molecule has 2 aromatic heterocycles. The fraction of sp³-hybridized carbons (Fsp3) is 0.643. The first-order chi connectivity index (χ1) is 17.1. The van der Waals surface area contributed by atoms with Gasteiger partial charge in [0, 0.05) is 12.6 Å². The molecule has 1 atom stereocenters. The van der Waals surface area contributed by atoms with E-state index in [2.05, 4.69) is 10.2 Å². The molecule has 5 rings (SSSR count). The standard InChI is InChI=1S/C28H40N4O3/c1-28(27(34)29-22-11-5-2-3-6-12-22)21-31-23(25-13-9-20-35-25)14-15-24(31)26(33)32(28)19-10-18-30-16-7-4-8-17-30/h9,13-15,20,22H,2-8,10-12,16-19,21H2,1H3,(H,29,34)/t28-/m0/s1. The predicted octanol–water partition coefficient (Wildman–Crippen LogP) is 4.68. The van der Waals surface area contributed by atoms with E-state index in [-0.39, 0.29) is 17.9 Å². The first kappa shape index (κ1) is 24.2. The van der Waals surface area contributed by atoms with Gasteiger partial charge >= 0.3 is 0 Å². The van der Waals surface area contributed by atoms with E-state index in [1.807, 2.05) is 40.7 Å². The fourth-order valence-corrected chi connectivity index (χ4v) is 6.16. The third-order valence-electron chi connectivity index (χ3n) is 8.26. The lowest BCUT2D eigenvalue weighted by Crippen LogP contribution is -2.65. The predicted molar refractivity (Wildman–Crippen MR) is 136 cm³/mol. The van der Waals surface area contributed by atoms with Crippen LogP contribution in [-0.2, 0) is 11.3 Å². The number of likely N-dealkylation sites (tertiary alicyclic amines) is 1. The van der Waals surface area contributed by atoms with Gasteiger partial charge < -0.3 is 24.1 Å². The van der Waals surface area contributed by atoms with Gasteiger partial charge in [0.1, 0.15) is 17.0 Å². The van der Waals surface area contributed by atoms with E-state index < -0.39 is 5.54 Å². The largest absolute Gasteiger partial charge is 0.463 e. The van der Waals surface area contributed by atoms with Crippen LogP contribution in [0, 0.1) is 0 Å². The monoisotopic (exact) mass is 480 g/mol. The highest BCUT2D eigenvalue weighted by molar-refractivity contribution is 6.00. The van der Waals surface area contributed by atoms with E-state index in [0.717, 1.165) is 57.4 Å². The van der Waals surface area contributed by atoms with Crippen molar-refractivity contribution >= 4 is 11.8 Å². The van der Waals surface area contributed by atoms with Gasteiger partial charge in [-0.3, -0.25) is 9.59 Å². The molecule has 0 aromatic carbocycles. The molecule has 0 bridgehead atoms. The molecule has 0 spiro atoms. The summed E-state index contributed by atoms with van der Waals surface area (Å²) in [6, 6.07) is 7.77. The number of nitrogens with zero attached hydrogens (tertiary/aromatic N) is 3. The van der Waals surface area contributed by atoms with Crippen LogP contribution < -0.4 is 5.32 Å². The van der Waals surface area contributed by atoms with Crippen LogP contribution in [0.2, 0.25) is 0 Å². The molecule has 0 radical (unpaired) electrons. The van der Waals surface area contributed by atoms with Gasteiger partial charge in [0.2, 0.25) is 5.91 Å². The summed E-state index contributed by atoms with van der Waals surface area (Å²) in [5.41, 5.74) is 0.535. The Balaban J connectivity index is 1.39. The molecule has 4 heterocycles. The normalized spacial score (nSPS) is 24.3. The lowest BCUT2D eigenvalue weighted by molar-refractivity contribution is -0.133. The number of aromatic nitrogens is 1. The Morgan fingerprint density at radius 2 is 1.71 bits per heavy atom. The molecule has 0 unspecified atom stereocenters. The third kappa shape index (κ3) is 5.06. The molecule has 1 saturated carbocycles. The molecule has 2 amide bonds. The number of furan rings is 1. The van der Waals surface area contributed by atoms with Crippen LogP contribution in [0.5, 0.6) is 0 Å². The smallest absolute Gasteiger partial charge is 0.271 e. The van der Waals surface area contributed by atoms with E-state index in [1.165, 1.54) is 32.1 Å². The molecular formula is C28H40N4O3. The summed E-state index contributed by atoms with van der Waals surface area (Å²) in [4.78, 5) is 32.1. The third-order valence-corrected chi connectivity index (χ3v) is 8.26. The Kier molecular flexibility index (Phi) is 7.32. The number of hydrogen-bond acceptors (Lipinski definition) is 4. The molecular weight excluding hydrogens is 440 g/mol. The van der Waals surface area contributed by atoms with Gasteiger partial charge in [0.25, 0.3) is 5.91 Å². The number of carbonyl (C=O) groups excluding carboxylic acids is 2. The molecule has 190 valence electrons. The highest BCUT2D eigenvalue weighted by Gasteiger charge is 2.48. The van der Waals surface area contributed by atoms with Crippen LogP contribution in [0.25, 0.3) is 11.5 Å². The van der Waals surface area contributed by atoms with Gasteiger partial charge in [0.05, 0.1) is 18.5 Å². The maximum Gasteiger partial charge on any atom is 0.271 e. The number of hydrogen-bond donors (Lipinski definition) is 1. The number of piperidine rings is 1. The zero-order chi connectivity index (χ0) is 24.3. The van der Waals surface area contributed by atoms with E-state index in [4.69, 9.17) is 4.42 Å². The Morgan fingerprint density at radius 3 is 2.43 bits per heavy atom. The van der Waals surface area contributed by atoms with Crippen molar-refractivity contribution in [3.05, 3.63) is 36.2 Å². The van der Waals surface area contributed by atoms with Crippen LogP contribution in [0.15, 0.2) is 34.9 Å². The molecule has 2 aromatic rings. The van der Waals surface area contributed by atoms with Crippen LogP contribution in [0.1, 0.15) is 81.6 Å². The zero-order valence-corrected chi connectivity index (χ0v) is 21.1. The highest BCUT2D eigenvalue weighted by atomic mass is 16.3. The second kappa shape index (κ2) is 10.6. The Hall–Kier alpha value is -2.54. The SMILES string of the molecule is C[C@@]1(C(=O)NC2CCCCCC2)Cn2c(ccc2-c2ccco2)C(=O)N1CCCN1CCCCC1. The van der Waals surface area contributed by atoms with Crippen molar-refractivity contribution < 1.29 is 14.0 Å². The second-order valence-corrected chi connectivity index (χ2v) is 10.8. The average Bonchev–Trinajstić information content (AvgIpc) is 3.47. The van der Waals surface area contributed by atoms with Crippen molar-refractivity contribution in [3.8, 4) is 11.5 Å². The van der Waals surface area contributed by atoms with E-state index in [1.54, 1.807) is 6.26 Å². The van der Waals surface area contributed by atoms with Crippen LogP contribution in [-0.4, -0.2) is 63.9 Å². The van der Waals surface area contributed by atoms with Gasteiger partial charge in [-0.2, -0.15) is 0 Å². The zero-order valence-electron chi connectivity index (χ0n) is 21.1. The molecule has 7 heteroatoms. The lowest BCUT2D eigenvalue weighted by Gasteiger charge is -2.45. The minimum Gasteiger partial charge on any atom is -0.463 e. The number of nitrogens with one attached hydrogen (secondary N) is 1. The summed E-state index contributed by atoms with van der Waals surface area (Å²) >= 11 is 0. The van der Waals surface area contributed by atoms with Crippen molar-refractivity contribution in [2.24, 2.45) is 0 Å². The topological polar surface area (TPSA) is 70.7 Å². The molecule has 2 aliphatic heterocycles. The van der Waals surface area contributed by atoms with Crippen molar-refractivity contribution in [2.45, 2.75) is 89.3 Å². The van der Waals surface area contributed by atoms with Gasteiger partial charge in [-0.05, 0) is 82.9 Å². The van der Waals surface area contributed by atoms with Gasteiger partial charge in [0.15, 0.2) is 0 Å². The molecule has 3 aliphatic rings. The van der Waals surface area contributed by atoms with Gasteiger partial charge in [-0.25, -0.2) is 0 Å². The summed E-state index contributed by atoms with van der Waals surface area (Å²) in [5, 5.41) is 3.36. The van der Waals surface area contributed by atoms with Crippen LogP contribution in [0.4, 0.5) is 0 Å². The summed E-state index contributed by atoms with van der Waals surface area (Å²) in [7, 11) is 0.